The molecular formula is C19H23FN2O2. The molecule has 0 aliphatic heterocycles. The number of aryl methyl sites for hydroxylation is 1. The smallest absolute Gasteiger partial charge is 0.238 e. The maximum atomic E-state index is 13.7. The van der Waals surface area contributed by atoms with Gasteiger partial charge in [0.2, 0.25) is 5.91 Å². The van der Waals surface area contributed by atoms with Crippen LogP contribution in [0.2, 0.25) is 0 Å². The van der Waals surface area contributed by atoms with Gasteiger partial charge in [0.05, 0.1) is 13.7 Å². The van der Waals surface area contributed by atoms with Crippen LogP contribution in [0.15, 0.2) is 42.5 Å². The molecular weight excluding hydrogens is 307 g/mol. The second-order valence-electron chi connectivity index (χ2n) is 5.70. The number of carbonyl (C=O) groups excluding carboxylic acids is 1. The SMILES string of the molecule is CCc1ccccc1NC(=O)CN(C)Cc1ccc(OC)c(F)c1. The van der Waals surface area contributed by atoms with Gasteiger partial charge in [0.25, 0.3) is 0 Å². The molecule has 0 radical (unpaired) electrons. The summed E-state index contributed by atoms with van der Waals surface area (Å²) in [5, 5.41) is 2.93. The fourth-order valence-corrected chi connectivity index (χ4v) is 2.56. The molecule has 0 saturated heterocycles. The number of benzene rings is 2. The summed E-state index contributed by atoms with van der Waals surface area (Å²) in [6.45, 7) is 2.75. The first-order valence-electron chi connectivity index (χ1n) is 7.92. The molecule has 1 N–H and O–H groups in total. The van der Waals surface area contributed by atoms with Gasteiger partial charge in [-0.1, -0.05) is 31.2 Å². The lowest BCUT2D eigenvalue weighted by atomic mass is 10.1. The molecule has 0 aromatic heterocycles. The third kappa shape index (κ3) is 4.80. The number of ether oxygens (including phenoxy) is 1. The molecule has 2 rings (SSSR count). The number of rotatable bonds is 7. The second-order valence-corrected chi connectivity index (χ2v) is 5.70. The predicted octanol–water partition coefficient (Wildman–Crippen LogP) is 3.47. The maximum Gasteiger partial charge on any atom is 0.238 e. The number of para-hydroxylation sites is 1. The van der Waals surface area contributed by atoms with Crippen molar-refractivity contribution in [1.29, 1.82) is 0 Å². The molecule has 2 aromatic carbocycles. The first kappa shape index (κ1) is 17.9. The Labute approximate surface area is 142 Å². The fourth-order valence-electron chi connectivity index (χ4n) is 2.56. The van der Waals surface area contributed by atoms with Gasteiger partial charge < -0.3 is 10.1 Å². The van der Waals surface area contributed by atoms with Crippen molar-refractivity contribution in [3.63, 3.8) is 0 Å². The van der Waals surface area contributed by atoms with Crippen molar-refractivity contribution in [1.82, 2.24) is 4.90 Å². The molecule has 0 heterocycles. The molecule has 0 spiro atoms. The van der Waals surface area contributed by atoms with E-state index < -0.39 is 5.82 Å². The van der Waals surface area contributed by atoms with E-state index in [0.29, 0.717) is 6.54 Å². The van der Waals surface area contributed by atoms with Gasteiger partial charge in [-0.2, -0.15) is 0 Å². The summed E-state index contributed by atoms with van der Waals surface area (Å²) >= 11 is 0. The first-order chi connectivity index (χ1) is 11.5. The summed E-state index contributed by atoms with van der Waals surface area (Å²) in [7, 11) is 3.26. The summed E-state index contributed by atoms with van der Waals surface area (Å²) in [4.78, 5) is 14.0. The van der Waals surface area contributed by atoms with E-state index in [2.05, 4.69) is 12.2 Å². The molecule has 0 saturated carbocycles. The highest BCUT2D eigenvalue weighted by atomic mass is 19.1. The highest BCUT2D eigenvalue weighted by molar-refractivity contribution is 5.92. The van der Waals surface area contributed by atoms with Crippen LogP contribution in [0.25, 0.3) is 0 Å². The van der Waals surface area contributed by atoms with Crippen LogP contribution in [0.4, 0.5) is 10.1 Å². The van der Waals surface area contributed by atoms with Crippen LogP contribution in [0, 0.1) is 5.82 Å². The minimum atomic E-state index is -0.398. The summed E-state index contributed by atoms with van der Waals surface area (Å²) in [6.07, 6.45) is 0.859. The van der Waals surface area contributed by atoms with Crippen LogP contribution >= 0.6 is 0 Å². The van der Waals surface area contributed by atoms with E-state index in [1.165, 1.54) is 13.2 Å². The van der Waals surface area contributed by atoms with E-state index in [1.54, 1.807) is 12.1 Å². The van der Waals surface area contributed by atoms with E-state index in [1.807, 2.05) is 36.2 Å². The molecule has 24 heavy (non-hydrogen) atoms. The Bertz CT molecular complexity index is 704. The first-order valence-corrected chi connectivity index (χ1v) is 7.92. The average Bonchev–Trinajstić information content (AvgIpc) is 2.55. The van der Waals surface area contributed by atoms with Gasteiger partial charge in [-0.05, 0) is 42.8 Å². The number of methoxy groups -OCH3 is 1. The van der Waals surface area contributed by atoms with E-state index in [-0.39, 0.29) is 18.2 Å². The number of carbonyl (C=O) groups is 1. The fraction of sp³-hybridized carbons (Fsp3) is 0.316. The van der Waals surface area contributed by atoms with E-state index in [0.717, 1.165) is 23.2 Å². The number of hydrogen-bond donors (Lipinski definition) is 1. The number of likely N-dealkylation sites (N-methyl/N-ethyl adjacent to an activating group) is 1. The minimum absolute atomic E-state index is 0.0904. The summed E-state index contributed by atoms with van der Waals surface area (Å²) in [6, 6.07) is 12.6. The Morgan fingerprint density at radius 3 is 2.67 bits per heavy atom. The summed E-state index contributed by atoms with van der Waals surface area (Å²) in [5.74, 6) is -0.271. The number of nitrogens with zero attached hydrogens (tertiary/aromatic N) is 1. The molecule has 0 atom stereocenters. The van der Waals surface area contributed by atoms with Crippen molar-refractivity contribution >= 4 is 11.6 Å². The van der Waals surface area contributed by atoms with Crippen molar-refractivity contribution < 1.29 is 13.9 Å². The number of nitrogens with one attached hydrogen (secondary N) is 1. The summed E-state index contributed by atoms with van der Waals surface area (Å²) < 4.78 is 18.6. The maximum absolute atomic E-state index is 13.7. The zero-order chi connectivity index (χ0) is 17.5. The third-order valence-corrected chi connectivity index (χ3v) is 3.75. The molecule has 2 aromatic rings. The van der Waals surface area contributed by atoms with Crippen LogP contribution in [0.3, 0.4) is 0 Å². The lowest BCUT2D eigenvalue weighted by molar-refractivity contribution is -0.117. The zero-order valence-electron chi connectivity index (χ0n) is 14.3. The molecule has 1 amide bonds. The molecule has 0 unspecified atom stereocenters. The van der Waals surface area contributed by atoms with Crippen molar-refractivity contribution in [2.75, 3.05) is 26.0 Å². The second kappa shape index (κ2) is 8.45. The van der Waals surface area contributed by atoms with Crippen LogP contribution in [-0.4, -0.2) is 31.5 Å². The molecule has 5 heteroatoms. The Morgan fingerprint density at radius 1 is 1.25 bits per heavy atom. The van der Waals surface area contributed by atoms with Crippen molar-refractivity contribution in [2.45, 2.75) is 19.9 Å². The average molecular weight is 330 g/mol. The molecule has 0 bridgehead atoms. The minimum Gasteiger partial charge on any atom is -0.494 e. The quantitative estimate of drug-likeness (QED) is 0.845. The standard InChI is InChI=1S/C19H23FN2O2/c1-4-15-7-5-6-8-17(15)21-19(23)13-22(2)12-14-9-10-18(24-3)16(20)11-14/h5-11H,4,12-13H2,1-3H3,(H,21,23). The lowest BCUT2D eigenvalue weighted by Gasteiger charge is -2.17. The van der Waals surface area contributed by atoms with Crippen LogP contribution < -0.4 is 10.1 Å². The van der Waals surface area contributed by atoms with Crippen LogP contribution in [-0.2, 0) is 17.8 Å². The van der Waals surface area contributed by atoms with Crippen LogP contribution in [0.1, 0.15) is 18.1 Å². The van der Waals surface area contributed by atoms with Gasteiger partial charge in [0.1, 0.15) is 0 Å². The Hall–Kier alpha value is -2.40. The Kier molecular flexibility index (Phi) is 6.32. The van der Waals surface area contributed by atoms with Crippen molar-refractivity contribution in [3.8, 4) is 5.75 Å². The largest absolute Gasteiger partial charge is 0.494 e. The van der Waals surface area contributed by atoms with E-state index in [9.17, 15) is 9.18 Å². The number of anilines is 1. The van der Waals surface area contributed by atoms with Gasteiger partial charge >= 0.3 is 0 Å². The molecule has 128 valence electrons. The lowest BCUT2D eigenvalue weighted by Crippen LogP contribution is -2.30. The van der Waals surface area contributed by atoms with Gasteiger partial charge in [-0.3, -0.25) is 9.69 Å². The molecule has 0 aliphatic carbocycles. The Morgan fingerprint density at radius 2 is 2.00 bits per heavy atom. The molecule has 0 fully saturated rings. The van der Waals surface area contributed by atoms with Gasteiger partial charge in [-0.15, -0.1) is 0 Å². The number of hydrogen-bond acceptors (Lipinski definition) is 3. The number of halogens is 1. The molecule has 0 aliphatic rings. The van der Waals surface area contributed by atoms with Gasteiger partial charge in [0.15, 0.2) is 11.6 Å². The van der Waals surface area contributed by atoms with Crippen LogP contribution in [0.5, 0.6) is 5.75 Å². The predicted molar refractivity (Wildman–Crippen MR) is 93.7 cm³/mol. The number of amides is 1. The van der Waals surface area contributed by atoms with E-state index in [4.69, 9.17) is 4.74 Å². The highest BCUT2D eigenvalue weighted by Crippen LogP contribution is 2.19. The highest BCUT2D eigenvalue weighted by Gasteiger charge is 2.11. The van der Waals surface area contributed by atoms with Gasteiger partial charge in [0, 0.05) is 12.2 Å². The topological polar surface area (TPSA) is 41.6 Å². The summed E-state index contributed by atoms with van der Waals surface area (Å²) in [5.41, 5.74) is 2.73. The van der Waals surface area contributed by atoms with E-state index >= 15 is 0 Å². The van der Waals surface area contributed by atoms with Gasteiger partial charge in [-0.25, -0.2) is 4.39 Å². The Balaban J connectivity index is 1.93. The van der Waals surface area contributed by atoms with Crippen molar-refractivity contribution in [2.24, 2.45) is 0 Å². The monoisotopic (exact) mass is 330 g/mol. The normalized spacial score (nSPS) is 10.7. The zero-order valence-corrected chi connectivity index (χ0v) is 14.3. The van der Waals surface area contributed by atoms with Crippen molar-refractivity contribution in [3.05, 3.63) is 59.4 Å². The third-order valence-electron chi connectivity index (χ3n) is 3.75. The molecule has 4 nitrogen and oxygen atoms in total.